The van der Waals surface area contributed by atoms with Crippen LogP contribution in [0.3, 0.4) is 0 Å². The zero-order chi connectivity index (χ0) is 21.9. The maximum absolute atomic E-state index is 13.6. The molecule has 4 aromatic rings. The third-order valence-electron chi connectivity index (χ3n) is 6.38. The molecule has 0 saturated carbocycles. The zero-order valence-electron chi connectivity index (χ0n) is 17.2. The van der Waals surface area contributed by atoms with Gasteiger partial charge in [0.05, 0.1) is 35.5 Å². The number of fused-ring (bicyclic) bond motifs is 5. The van der Waals surface area contributed by atoms with E-state index in [1.807, 2.05) is 12.1 Å². The van der Waals surface area contributed by atoms with Gasteiger partial charge in [0.2, 0.25) is 5.95 Å². The van der Waals surface area contributed by atoms with E-state index in [2.05, 4.69) is 20.1 Å². The molecule has 6 rings (SSSR count). The number of halogens is 3. The van der Waals surface area contributed by atoms with Gasteiger partial charge in [0, 0.05) is 24.7 Å². The SMILES string of the molecule is FC(F)(F)c1n[nH]cc1-c1nc2ccc3[nH]c(N4CCOCC4)nc3c2c2c1CCCC2. The Morgan fingerprint density at radius 2 is 1.78 bits per heavy atom. The topological polar surface area (TPSA) is 82.7 Å². The largest absolute Gasteiger partial charge is 0.435 e. The molecule has 1 fully saturated rings. The van der Waals surface area contributed by atoms with Gasteiger partial charge in [-0.15, -0.1) is 0 Å². The van der Waals surface area contributed by atoms with Crippen molar-refractivity contribution in [2.45, 2.75) is 31.9 Å². The van der Waals surface area contributed by atoms with Crippen molar-refractivity contribution in [3.63, 3.8) is 0 Å². The minimum atomic E-state index is -4.55. The van der Waals surface area contributed by atoms with Crippen LogP contribution in [-0.4, -0.2) is 51.5 Å². The summed E-state index contributed by atoms with van der Waals surface area (Å²) in [4.78, 5) is 15.2. The molecule has 1 aliphatic heterocycles. The van der Waals surface area contributed by atoms with Gasteiger partial charge < -0.3 is 14.6 Å². The lowest BCUT2D eigenvalue weighted by Gasteiger charge is -2.26. The van der Waals surface area contributed by atoms with Crippen molar-refractivity contribution in [3.8, 4) is 11.3 Å². The highest BCUT2D eigenvalue weighted by Gasteiger charge is 2.38. The average molecular weight is 442 g/mol. The van der Waals surface area contributed by atoms with Crippen molar-refractivity contribution in [2.24, 2.45) is 0 Å². The van der Waals surface area contributed by atoms with E-state index in [1.54, 1.807) is 0 Å². The first-order chi connectivity index (χ1) is 15.5. The lowest BCUT2D eigenvalue weighted by molar-refractivity contribution is -0.140. The van der Waals surface area contributed by atoms with Crippen molar-refractivity contribution in [1.29, 1.82) is 0 Å². The standard InChI is InChI=1S/C22H21F3N6O/c23-22(24,25)20-14(11-26-30-20)18-13-4-2-1-3-12(13)17-15(27-18)5-6-16-19(17)29-21(28-16)31-7-9-32-10-8-31/h5-6,11H,1-4,7-10H2,(H,26,30)(H,28,29). The summed E-state index contributed by atoms with van der Waals surface area (Å²) in [5, 5.41) is 6.80. The Hall–Kier alpha value is -3.14. The van der Waals surface area contributed by atoms with E-state index in [9.17, 15) is 13.2 Å². The molecule has 0 unspecified atom stereocenters. The number of H-pyrrole nitrogens is 2. The smallest absolute Gasteiger partial charge is 0.378 e. The number of aromatic nitrogens is 5. The fraction of sp³-hybridized carbons (Fsp3) is 0.409. The zero-order valence-corrected chi connectivity index (χ0v) is 17.2. The fourth-order valence-electron chi connectivity index (χ4n) is 4.91. The summed E-state index contributed by atoms with van der Waals surface area (Å²) in [6, 6.07) is 3.77. The third-order valence-corrected chi connectivity index (χ3v) is 6.38. The number of nitrogens with zero attached hydrogens (tertiary/aromatic N) is 4. The number of anilines is 1. The molecule has 0 bridgehead atoms. The van der Waals surface area contributed by atoms with Crippen LogP contribution >= 0.6 is 0 Å². The van der Waals surface area contributed by atoms with Crippen LogP contribution in [0.2, 0.25) is 0 Å². The van der Waals surface area contributed by atoms with Gasteiger partial charge >= 0.3 is 6.18 Å². The number of hydrogen-bond acceptors (Lipinski definition) is 5. The second-order valence-electron chi connectivity index (χ2n) is 8.29. The van der Waals surface area contributed by atoms with E-state index in [4.69, 9.17) is 14.7 Å². The molecule has 1 saturated heterocycles. The van der Waals surface area contributed by atoms with Crippen LogP contribution in [0.4, 0.5) is 19.1 Å². The van der Waals surface area contributed by atoms with Crippen molar-refractivity contribution in [1.82, 2.24) is 25.1 Å². The van der Waals surface area contributed by atoms with Gasteiger partial charge in [-0.25, -0.2) is 9.97 Å². The van der Waals surface area contributed by atoms with Gasteiger partial charge in [0.25, 0.3) is 0 Å². The summed E-state index contributed by atoms with van der Waals surface area (Å²) >= 11 is 0. The number of morpholine rings is 1. The quantitative estimate of drug-likeness (QED) is 0.485. The molecule has 3 aromatic heterocycles. The highest BCUT2D eigenvalue weighted by molar-refractivity contribution is 6.06. The normalized spacial score (nSPS) is 17.3. The molecular weight excluding hydrogens is 421 g/mol. The molecule has 1 aliphatic carbocycles. The molecule has 2 aliphatic rings. The number of alkyl halides is 3. The van der Waals surface area contributed by atoms with E-state index in [1.165, 1.54) is 6.20 Å². The Morgan fingerprint density at radius 1 is 1.00 bits per heavy atom. The molecule has 4 heterocycles. The number of pyridine rings is 1. The van der Waals surface area contributed by atoms with Crippen LogP contribution in [0.15, 0.2) is 18.3 Å². The maximum atomic E-state index is 13.6. The Labute approximate surface area is 181 Å². The Kier molecular flexibility index (Phi) is 4.39. The predicted octanol–water partition coefficient (Wildman–Crippen LogP) is 4.24. The fourth-order valence-corrected chi connectivity index (χ4v) is 4.91. The Bertz CT molecular complexity index is 1320. The molecule has 166 valence electrons. The van der Waals surface area contributed by atoms with E-state index in [-0.39, 0.29) is 5.56 Å². The molecule has 0 atom stereocenters. The highest BCUT2D eigenvalue weighted by atomic mass is 19.4. The van der Waals surface area contributed by atoms with Crippen LogP contribution < -0.4 is 4.90 Å². The Morgan fingerprint density at radius 3 is 2.56 bits per heavy atom. The number of benzene rings is 1. The first-order valence-corrected chi connectivity index (χ1v) is 10.8. The minimum absolute atomic E-state index is 0.00804. The van der Waals surface area contributed by atoms with Gasteiger partial charge in [0.1, 0.15) is 5.52 Å². The number of hydrogen-bond donors (Lipinski definition) is 2. The molecule has 7 nitrogen and oxygen atoms in total. The van der Waals surface area contributed by atoms with Crippen molar-refractivity contribution in [2.75, 3.05) is 31.2 Å². The first-order valence-electron chi connectivity index (χ1n) is 10.8. The minimum Gasteiger partial charge on any atom is -0.378 e. The van der Waals surface area contributed by atoms with Gasteiger partial charge in [-0.3, -0.25) is 5.10 Å². The second-order valence-corrected chi connectivity index (χ2v) is 8.29. The summed E-state index contributed by atoms with van der Waals surface area (Å²) in [5.41, 5.74) is 3.76. The van der Waals surface area contributed by atoms with Gasteiger partial charge in [-0.1, -0.05) is 0 Å². The third kappa shape index (κ3) is 3.04. The summed E-state index contributed by atoms with van der Waals surface area (Å²) < 4.78 is 46.1. The Balaban J connectivity index is 1.59. The molecule has 32 heavy (non-hydrogen) atoms. The van der Waals surface area contributed by atoms with Crippen LogP contribution in [0, 0.1) is 0 Å². The summed E-state index contributed by atoms with van der Waals surface area (Å²) in [5.74, 6) is 0.790. The van der Waals surface area contributed by atoms with E-state index in [0.717, 1.165) is 65.8 Å². The highest BCUT2D eigenvalue weighted by Crippen LogP contribution is 2.41. The molecule has 0 radical (unpaired) electrons. The van der Waals surface area contributed by atoms with Crippen molar-refractivity contribution in [3.05, 3.63) is 35.2 Å². The molecule has 0 amide bonds. The van der Waals surface area contributed by atoms with Gasteiger partial charge in [0.15, 0.2) is 5.69 Å². The second kappa shape index (κ2) is 7.19. The number of ether oxygens (including phenoxy) is 1. The van der Waals surface area contributed by atoms with Crippen LogP contribution in [0.1, 0.15) is 29.7 Å². The molecule has 2 N–H and O–H groups in total. The predicted molar refractivity (Wildman–Crippen MR) is 114 cm³/mol. The number of aromatic amines is 2. The maximum Gasteiger partial charge on any atom is 0.435 e. The molecule has 1 aromatic carbocycles. The summed E-state index contributed by atoms with van der Waals surface area (Å²) in [6.07, 6.45) is 0.136. The number of rotatable bonds is 2. The van der Waals surface area contributed by atoms with E-state index < -0.39 is 11.9 Å². The van der Waals surface area contributed by atoms with Gasteiger partial charge in [-0.2, -0.15) is 18.3 Å². The van der Waals surface area contributed by atoms with Crippen molar-refractivity contribution < 1.29 is 17.9 Å². The first kappa shape index (κ1) is 19.5. The summed E-state index contributed by atoms with van der Waals surface area (Å²) in [6.45, 7) is 2.84. The number of aryl methyl sites for hydroxylation is 1. The van der Waals surface area contributed by atoms with Crippen molar-refractivity contribution >= 4 is 27.9 Å². The number of nitrogens with one attached hydrogen (secondary N) is 2. The number of imidazole rings is 1. The van der Waals surface area contributed by atoms with Crippen LogP contribution in [0.25, 0.3) is 33.2 Å². The van der Waals surface area contributed by atoms with E-state index >= 15 is 0 Å². The monoisotopic (exact) mass is 442 g/mol. The van der Waals surface area contributed by atoms with Crippen LogP contribution in [0.5, 0.6) is 0 Å². The average Bonchev–Trinajstić information content (AvgIpc) is 3.46. The lowest BCUT2D eigenvalue weighted by atomic mass is 9.86. The molecule has 0 spiro atoms. The van der Waals surface area contributed by atoms with E-state index in [0.29, 0.717) is 30.8 Å². The van der Waals surface area contributed by atoms with Crippen LogP contribution in [-0.2, 0) is 23.8 Å². The summed E-state index contributed by atoms with van der Waals surface area (Å²) in [7, 11) is 0. The molecular formula is C22H21F3N6O. The molecule has 10 heteroatoms. The van der Waals surface area contributed by atoms with Gasteiger partial charge in [-0.05, 0) is 48.9 Å². The lowest BCUT2D eigenvalue weighted by Crippen LogP contribution is -2.36.